The van der Waals surface area contributed by atoms with Crippen LogP contribution < -0.4 is 14.8 Å². The fourth-order valence-corrected chi connectivity index (χ4v) is 5.53. The van der Waals surface area contributed by atoms with Gasteiger partial charge in [-0.3, -0.25) is 19.9 Å². The van der Waals surface area contributed by atoms with Crippen molar-refractivity contribution >= 4 is 28.3 Å². The number of rotatable bonds is 7. The molecule has 0 atom stereocenters. The Labute approximate surface area is 238 Å². The van der Waals surface area contributed by atoms with Crippen molar-refractivity contribution in [3.63, 3.8) is 0 Å². The largest absolute Gasteiger partial charge is 0.496 e. The maximum absolute atomic E-state index is 13.4. The van der Waals surface area contributed by atoms with Gasteiger partial charge in [0.15, 0.2) is 5.13 Å². The summed E-state index contributed by atoms with van der Waals surface area (Å²) in [6, 6.07) is 12.5. The Morgan fingerprint density at radius 2 is 1.80 bits per heavy atom. The minimum absolute atomic E-state index is 0.0456. The Balaban J connectivity index is 1.36. The minimum atomic E-state index is -2.72. The van der Waals surface area contributed by atoms with Crippen molar-refractivity contribution in [1.82, 2.24) is 14.9 Å². The number of anilines is 1. The topological polar surface area (TPSA) is 117 Å². The number of thiazole rings is 1. The van der Waals surface area contributed by atoms with Crippen LogP contribution >= 0.6 is 11.3 Å². The molecule has 0 fully saturated rings. The van der Waals surface area contributed by atoms with Crippen molar-refractivity contribution in [1.29, 1.82) is 5.26 Å². The van der Waals surface area contributed by atoms with Crippen molar-refractivity contribution in [3.05, 3.63) is 87.2 Å². The molecule has 0 aliphatic carbocycles. The SMILES string of the molecule is COc1ccc(C(F)F)cc1C(=O)N1Cc2nc(NC(=O)c3cnc(C)cc3-c3cc(C#N)ccc3OC)sc2C1. The third-order valence-electron chi connectivity index (χ3n) is 6.57. The number of pyridine rings is 1. The number of fused-ring (bicyclic) bond motifs is 1. The standard InChI is InChI=1S/C29H23F2N5O4S/c1-15-8-18(19-9-16(11-32)4-6-23(19)39-2)21(12-33-15)27(37)35-29-34-22-13-36(14-25(22)41-29)28(38)20-10-17(26(30)31)5-7-24(20)40-3/h4-10,12,26H,13-14H2,1-3H3,(H,34,35,37). The van der Waals surface area contributed by atoms with Crippen molar-refractivity contribution in [2.24, 2.45) is 0 Å². The Kier molecular flexibility index (Phi) is 7.63. The van der Waals surface area contributed by atoms with E-state index in [0.29, 0.717) is 39.0 Å². The second-order valence-corrected chi connectivity index (χ2v) is 10.2. The zero-order chi connectivity index (χ0) is 29.3. The summed E-state index contributed by atoms with van der Waals surface area (Å²) in [5.74, 6) is -0.206. The van der Waals surface area contributed by atoms with Gasteiger partial charge < -0.3 is 14.4 Å². The fourth-order valence-electron chi connectivity index (χ4n) is 4.55. The Hall–Kier alpha value is -4.89. The van der Waals surface area contributed by atoms with Crippen LogP contribution in [0.4, 0.5) is 13.9 Å². The normalized spacial score (nSPS) is 12.2. The summed E-state index contributed by atoms with van der Waals surface area (Å²) < 4.78 is 37.2. The van der Waals surface area contributed by atoms with E-state index < -0.39 is 18.2 Å². The predicted octanol–water partition coefficient (Wildman–Crippen LogP) is 5.75. The van der Waals surface area contributed by atoms with E-state index >= 15 is 0 Å². The number of nitrogens with one attached hydrogen (secondary N) is 1. The van der Waals surface area contributed by atoms with E-state index in [-0.39, 0.29) is 35.5 Å². The van der Waals surface area contributed by atoms with Gasteiger partial charge >= 0.3 is 0 Å². The highest BCUT2D eigenvalue weighted by Crippen LogP contribution is 2.36. The van der Waals surface area contributed by atoms with Gasteiger partial charge in [0, 0.05) is 28.6 Å². The number of ether oxygens (including phenoxy) is 2. The number of nitrogens with zero attached hydrogens (tertiary/aromatic N) is 4. The van der Waals surface area contributed by atoms with Gasteiger partial charge in [-0.1, -0.05) is 11.3 Å². The van der Waals surface area contributed by atoms with Crippen molar-refractivity contribution in [2.75, 3.05) is 19.5 Å². The number of benzene rings is 2. The lowest BCUT2D eigenvalue weighted by atomic mass is 9.97. The molecule has 0 unspecified atom stereocenters. The second-order valence-electron chi connectivity index (χ2n) is 9.16. The summed E-state index contributed by atoms with van der Waals surface area (Å²) in [7, 11) is 2.88. The van der Waals surface area contributed by atoms with Crippen LogP contribution in [0.5, 0.6) is 11.5 Å². The van der Waals surface area contributed by atoms with E-state index in [1.807, 2.05) is 0 Å². The van der Waals surface area contributed by atoms with Gasteiger partial charge in [0.25, 0.3) is 18.2 Å². The zero-order valence-corrected chi connectivity index (χ0v) is 23.0. The number of alkyl halides is 2. The molecule has 2 aromatic heterocycles. The van der Waals surface area contributed by atoms with Gasteiger partial charge in [-0.2, -0.15) is 5.26 Å². The highest BCUT2D eigenvalue weighted by molar-refractivity contribution is 7.16. The van der Waals surface area contributed by atoms with E-state index in [2.05, 4.69) is 21.4 Å². The number of hydrogen-bond donors (Lipinski definition) is 1. The number of carbonyl (C=O) groups excluding carboxylic acids is 2. The Morgan fingerprint density at radius 1 is 1.05 bits per heavy atom. The van der Waals surface area contributed by atoms with E-state index in [4.69, 9.17) is 9.47 Å². The van der Waals surface area contributed by atoms with E-state index in [0.717, 1.165) is 10.9 Å². The third kappa shape index (κ3) is 5.44. The molecule has 0 spiro atoms. The first kappa shape index (κ1) is 27.7. The van der Waals surface area contributed by atoms with E-state index in [1.54, 1.807) is 31.2 Å². The van der Waals surface area contributed by atoms with Crippen LogP contribution in [-0.4, -0.2) is 40.9 Å². The fraction of sp³-hybridized carbons (Fsp3) is 0.207. The second kappa shape index (κ2) is 11.3. The Bertz CT molecular complexity index is 1690. The molecule has 0 saturated carbocycles. The molecule has 1 aliphatic rings. The first-order valence-electron chi connectivity index (χ1n) is 12.3. The third-order valence-corrected chi connectivity index (χ3v) is 7.57. The first-order chi connectivity index (χ1) is 19.7. The number of amides is 2. The van der Waals surface area contributed by atoms with Crippen LogP contribution in [0.1, 0.15) is 54.5 Å². The van der Waals surface area contributed by atoms with Crippen molar-refractivity contribution in [2.45, 2.75) is 26.4 Å². The van der Waals surface area contributed by atoms with Crippen LogP contribution in [-0.2, 0) is 13.1 Å². The number of aromatic nitrogens is 2. The molecule has 4 aromatic rings. The smallest absolute Gasteiger partial charge is 0.263 e. The molecule has 1 N–H and O–H groups in total. The maximum atomic E-state index is 13.4. The summed E-state index contributed by atoms with van der Waals surface area (Å²) in [5, 5.41) is 12.5. The first-order valence-corrected chi connectivity index (χ1v) is 13.1. The van der Waals surface area contributed by atoms with Crippen LogP contribution in [0.25, 0.3) is 11.1 Å². The molecule has 3 heterocycles. The molecule has 2 aromatic carbocycles. The lowest BCUT2D eigenvalue weighted by Crippen LogP contribution is -2.26. The van der Waals surface area contributed by atoms with Gasteiger partial charge in [0.1, 0.15) is 11.5 Å². The summed E-state index contributed by atoms with van der Waals surface area (Å²) in [4.78, 5) is 37.6. The van der Waals surface area contributed by atoms with Crippen LogP contribution in [0, 0.1) is 18.3 Å². The summed E-state index contributed by atoms with van der Waals surface area (Å²) in [6.07, 6.45) is -1.26. The van der Waals surface area contributed by atoms with Gasteiger partial charge in [-0.05, 0) is 49.4 Å². The van der Waals surface area contributed by atoms with Crippen molar-refractivity contribution in [3.8, 4) is 28.7 Å². The van der Waals surface area contributed by atoms with Crippen LogP contribution in [0.15, 0.2) is 48.7 Å². The number of nitriles is 1. The molecule has 5 rings (SSSR count). The molecular formula is C29H23F2N5O4S. The summed E-state index contributed by atoms with van der Waals surface area (Å²) in [5.41, 5.74) is 2.85. The summed E-state index contributed by atoms with van der Waals surface area (Å²) in [6.45, 7) is 2.15. The summed E-state index contributed by atoms with van der Waals surface area (Å²) >= 11 is 1.22. The highest BCUT2D eigenvalue weighted by atomic mass is 32.1. The number of hydrogen-bond acceptors (Lipinski definition) is 8. The van der Waals surface area contributed by atoms with Crippen LogP contribution in [0.2, 0.25) is 0 Å². The van der Waals surface area contributed by atoms with Gasteiger partial charge in [-0.25, -0.2) is 13.8 Å². The quantitative estimate of drug-likeness (QED) is 0.298. The van der Waals surface area contributed by atoms with E-state index in [1.165, 1.54) is 48.8 Å². The zero-order valence-electron chi connectivity index (χ0n) is 22.2. The molecule has 1 aliphatic heterocycles. The number of carbonyl (C=O) groups is 2. The number of halogens is 2. The Morgan fingerprint density at radius 3 is 2.49 bits per heavy atom. The van der Waals surface area contributed by atoms with E-state index in [9.17, 15) is 23.6 Å². The molecule has 12 heteroatoms. The molecular weight excluding hydrogens is 552 g/mol. The predicted molar refractivity (Wildman–Crippen MR) is 147 cm³/mol. The molecule has 208 valence electrons. The lowest BCUT2D eigenvalue weighted by Gasteiger charge is -2.18. The number of aryl methyl sites for hydroxylation is 1. The maximum Gasteiger partial charge on any atom is 0.263 e. The monoisotopic (exact) mass is 575 g/mol. The lowest BCUT2D eigenvalue weighted by molar-refractivity contribution is 0.0746. The van der Waals surface area contributed by atoms with Gasteiger partial charge in [0.05, 0.1) is 60.6 Å². The van der Waals surface area contributed by atoms with Gasteiger partial charge in [0.2, 0.25) is 0 Å². The average Bonchev–Trinajstić information content (AvgIpc) is 3.54. The number of methoxy groups -OCH3 is 2. The molecule has 9 nitrogen and oxygen atoms in total. The molecule has 41 heavy (non-hydrogen) atoms. The van der Waals surface area contributed by atoms with Crippen LogP contribution in [0.3, 0.4) is 0 Å². The van der Waals surface area contributed by atoms with Gasteiger partial charge in [-0.15, -0.1) is 0 Å². The molecule has 0 radical (unpaired) electrons. The molecule has 2 amide bonds. The molecule has 0 saturated heterocycles. The highest BCUT2D eigenvalue weighted by Gasteiger charge is 2.30. The molecule has 0 bridgehead atoms. The minimum Gasteiger partial charge on any atom is -0.496 e. The van der Waals surface area contributed by atoms with Crippen molar-refractivity contribution < 1.29 is 27.8 Å². The average molecular weight is 576 g/mol.